The normalized spacial score (nSPS) is 13.5. The molecule has 1 amide bonds. The predicted octanol–water partition coefficient (Wildman–Crippen LogP) is 3.33. The summed E-state index contributed by atoms with van der Waals surface area (Å²) in [5.74, 6) is -0.0968. The fraction of sp³-hybridized carbons (Fsp3) is 0.118. The zero-order valence-corrected chi connectivity index (χ0v) is 11.6. The van der Waals surface area contributed by atoms with Gasteiger partial charge in [-0.25, -0.2) is 0 Å². The van der Waals surface area contributed by atoms with Crippen LogP contribution in [0.4, 0.5) is 11.4 Å². The molecule has 4 heteroatoms. The van der Waals surface area contributed by atoms with Crippen LogP contribution < -0.4 is 5.32 Å². The van der Waals surface area contributed by atoms with Gasteiger partial charge in [0.2, 0.25) is 5.91 Å². The fourth-order valence-corrected chi connectivity index (χ4v) is 2.31. The van der Waals surface area contributed by atoms with E-state index in [9.17, 15) is 4.79 Å². The number of rotatable bonds is 1. The van der Waals surface area contributed by atoms with Crippen LogP contribution in [0.5, 0.6) is 0 Å². The lowest BCUT2D eigenvalue weighted by Crippen LogP contribution is -2.15. The van der Waals surface area contributed by atoms with Crippen LogP contribution in [0.1, 0.15) is 23.1 Å². The summed E-state index contributed by atoms with van der Waals surface area (Å²) in [6, 6.07) is 15.0. The average molecular weight is 275 g/mol. The van der Waals surface area contributed by atoms with Crippen molar-refractivity contribution in [3.8, 4) is 6.07 Å². The Labute approximate surface area is 122 Å². The molecule has 0 radical (unpaired) electrons. The standard InChI is InChI=1S/C17H13N3O/c1-11-5-6-14-16(7-11)20-17(21)9-15(19-14)13-4-2-3-12(8-13)10-18/h2-8H,9H2,1H3,(H,20,21). The minimum atomic E-state index is -0.0968. The molecule has 0 spiro atoms. The molecule has 1 N–H and O–H groups in total. The summed E-state index contributed by atoms with van der Waals surface area (Å²) in [4.78, 5) is 16.6. The van der Waals surface area contributed by atoms with E-state index in [0.717, 1.165) is 22.5 Å². The summed E-state index contributed by atoms with van der Waals surface area (Å²) < 4.78 is 0. The van der Waals surface area contributed by atoms with Crippen molar-refractivity contribution in [2.24, 2.45) is 4.99 Å². The van der Waals surface area contributed by atoms with Crippen molar-refractivity contribution in [2.75, 3.05) is 5.32 Å². The molecule has 0 saturated carbocycles. The lowest BCUT2D eigenvalue weighted by Gasteiger charge is -2.04. The molecule has 0 aromatic heterocycles. The Hall–Kier alpha value is -2.93. The minimum Gasteiger partial charge on any atom is -0.324 e. The second-order valence-electron chi connectivity index (χ2n) is 5.00. The van der Waals surface area contributed by atoms with Gasteiger partial charge < -0.3 is 5.32 Å². The van der Waals surface area contributed by atoms with Gasteiger partial charge in [0, 0.05) is 0 Å². The number of nitrogens with one attached hydrogen (secondary N) is 1. The van der Waals surface area contributed by atoms with E-state index in [-0.39, 0.29) is 12.3 Å². The van der Waals surface area contributed by atoms with Gasteiger partial charge in [0.05, 0.1) is 35.1 Å². The van der Waals surface area contributed by atoms with Gasteiger partial charge in [-0.2, -0.15) is 5.26 Å². The quantitative estimate of drug-likeness (QED) is 0.867. The van der Waals surface area contributed by atoms with E-state index < -0.39 is 0 Å². The summed E-state index contributed by atoms with van der Waals surface area (Å²) in [5, 5.41) is 11.9. The molecule has 102 valence electrons. The van der Waals surface area contributed by atoms with Crippen molar-refractivity contribution >= 4 is 23.0 Å². The summed E-state index contributed by atoms with van der Waals surface area (Å²) in [6.45, 7) is 1.97. The number of aliphatic imine (C=N–C) groups is 1. The van der Waals surface area contributed by atoms with Gasteiger partial charge in [-0.05, 0) is 42.3 Å². The van der Waals surface area contributed by atoms with Crippen molar-refractivity contribution in [1.82, 2.24) is 0 Å². The molecule has 1 heterocycles. The maximum absolute atomic E-state index is 12.0. The lowest BCUT2D eigenvalue weighted by atomic mass is 10.0. The van der Waals surface area contributed by atoms with Crippen LogP contribution in [0.3, 0.4) is 0 Å². The van der Waals surface area contributed by atoms with E-state index in [4.69, 9.17) is 5.26 Å². The van der Waals surface area contributed by atoms with Crippen molar-refractivity contribution < 1.29 is 4.79 Å². The van der Waals surface area contributed by atoms with Crippen molar-refractivity contribution in [3.05, 3.63) is 59.2 Å². The first-order chi connectivity index (χ1) is 10.2. The SMILES string of the molecule is Cc1ccc2c(c1)NC(=O)CC(c1cccc(C#N)c1)=N2. The van der Waals surface area contributed by atoms with Crippen LogP contribution in [-0.4, -0.2) is 11.6 Å². The third-order valence-electron chi connectivity index (χ3n) is 3.33. The Morgan fingerprint density at radius 2 is 2.10 bits per heavy atom. The number of amides is 1. The second kappa shape index (κ2) is 5.22. The van der Waals surface area contributed by atoms with Gasteiger partial charge in [0.1, 0.15) is 0 Å². The Bertz CT molecular complexity index is 800. The van der Waals surface area contributed by atoms with E-state index in [2.05, 4.69) is 16.4 Å². The molecule has 0 unspecified atom stereocenters. The topological polar surface area (TPSA) is 65.2 Å². The summed E-state index contributed by atoms with van der Waals surface area (Å²) in [6.07, 6.45) is 0.197. The third kappa shape index (κ3) is 2.67. The number of nitriles is 1. The molecule has 0 aliphatic carbocycles. The number of hydrogen-bond donors (Lipinski definition) is 1. The average Bonchev–Trinajstić information content (AvgIpc) is 2.65. The minimum absolute atomic E-state index is 0.0968. The number of hydrogen-bond acceptors (Lipinski definition) is 3. The first kappa shape index (κ1) is 13.1. The second-order valence-corrected chi connectivity index (χ2v) is 5.00. The lowest BCUT2D eigenvalue weighted by molar-refractivity contribution is -0.115. The first-order valence-electron chi connectivity index (χ1n) is 6.64. The van der Waals surface area contributed by atoms with E-state index in [0.29, 0.717) is 11.3 Å². The Kier molecular flexibility index (Phi) is 3.25. The van der Waals surface area contributed by atoms with Gasteiger partial charge in [-0.1, -0.05) is 18.2 Å². The van der Waals surface area contributed by atoms with E-state index in [1.807, 2.05) is 31.2 Å². The molecule has 4 nitrogen and oxygen atoms in total. The molecular weight excluding hydrogens is 262 g/mol. The highest BCUT2D eigenvalue weighted by Crippen LogP contribution is 2.30. The highest BCUT2D eigenvalue weighted by Gasteiger charge is 2.17. The zero-order chi connectivity index (χ0) is 14.8. The highest BCUT2D eigenvalue weighted by atomic mass is 16.1. The molecular formula is C17H13N3O. The Morgan fingerprint density at radius 1 is 1.24 bits per heavy atom. The maximum atomic E-state index is 12.0. The fourth-order valence-electron chi connectivity index (χ4n) is 2.31. The van der Waals surface area contributed by atoms with E-state index in [1.54, 1.807) is 18.2 Å². The Morgan fingerprint density at radius 3 is 2.90 bits per heavy atom. The molecule has 3 rings (SSSR count). The van der Waals surface area contributed by atoms with Crippen LogP contribution in [0.25, 0.3) is 0 Å². The van der Waals surface area contributed by atoms with Crippen LogP contribution in [0.2, 0.25) is 0 Å². The first-order valence-corrected chi connectivity index (χ1v) is 6.64. The number of nitrogens with zero attached hydrogens (tertiary/aromatic N) is 2. The summed E-state index contributed by atoms with van der Waals surface area (Å²) in [5.41, 5.74) is 4.57. The molecule has 1 aliphatic rings. The molecule has 2 aromatic rings. The third-order valence-corrected chi connectivity index (χ3v) is 3.33. The van der Waals surface area contributed by atoms with Gasteiger partial charge in [0.25, 0.3) is 0 Å². The molecule has 0 fully saturated rings. The van der Waals surface area contributed by atoms with E-state index in [1.165, 1.54) is 0 Å². The van der Waals surface area contributed by atoms with Gasteiger partial charge in [-0.3, -0.25) is 9.79 Å². The van der Waals surface area contributed by atoms with Crippen LogP contribution in [0, 0.1) is 18.3 Å². The highest BCUT2D eigenvalue weighted by molar-refractivity contribution is 6.17. The Balaban J connectivity index is 2.11. The monoisotopic (exact) mass is 275 g/mol. The number of carbonyl (C=O) groups excluding carboxylic acids is 1. The van der Waals surface area contributed by atoms with E-state index >= 15 is 0 Å². The van der Waals surface area contributed by atoms with Crippen LogP contribution >= 0.6 is 0 Å². The maximum Gasteiger partial charge on any atom is 0.230 e. The molecule has 21 heavy (non-hydrogen) atoms. The number of anilines is 1. The molecule has 0 atom stereocenters. The number of aryl methyl sites for hydroxylation is 1. The smallest absolute Gasteiger partial charge is 0.230 e. The zero-order valence-electron chi connectivity index (χ0n) is 11.6. The van der Waals surface area contributed by atoms with Gasteiger partial charge >= 0.3 is 0 Å². The number of benzene rings is 2. The largest absolute Gasteiger partial charge is 0.324 e. The van der Waals surface area contributed by atoms with Crippen molar-refractivity contribution in [2.45, 2.75) is 13.3 Å². The van der Waals surface area contributed by atoms with Crippen LogP contribution in [0.15, 0.2) is 47.5 Å². The molecule has 2 aromatic carbocycles. The number of carbonyl (C=O) groups is 1. The van der Waals surface area contributed by atoms with Gasteiger partial charge in [0.15, 0.2) is 0 Å². The molecule has 1 aliphatic heterocycles. The summed E-state index contributed by atoms with van der Waals surface area (Å²) in [7, 11) is 0. The predicted molar refractivity (Wildman–Crippen MR) is 81.8 cm³/mol. The molecule has 0 saturated heterocycles. The number of fused-ring (bicyclic) bond motifs is 1. The van der Waals surface area contributed by atoms with Gasteiger partial charge in [-0.15, -0.1) is 0 Å². The van der Waals surface area contributed by atoms with Crippen molar-refractivity contribution in [3.63, 3.8) is 0 Å². The van der Waals surface area contributed by atoms with Crippen LogP contribution in [-0.2, 0) is 4.79 Å². The van der Waals surface area contributed by atoms with Crippen molar-refractivity contribution in [1.29, 1.82) is 5.26 Å². The molecule has 0 bridgehead atoms. The summed E-state index contributed by atoms with van der Waals surface area (Å²) >= 11 is 0.